The van der Waals surface area contributed by atoms with Gasteiger partial charge in [-0.05, 0) is 86.4 Å². The third-order valence-electron chi connectivity index (χ3n) is 9.32. The Balaban J connectivity index is 1.54. The van der Waals surface area contributed by atoms with Crippen molar-refractivity contribution in [2.24, 2.45) is 17.8 Å². The van der Waals surface area contributed by atoms with Crippen molar-refractivity contribution in [1.82, 2.24) is 4.90 Å². The Kier molecular flexibility index (Phi) is 7.11. The number of hydrogen-bond acceptors (Lipinski definition) is 6. The fourth-order valence-corrected chi connectivity index (χ4v) is 9.17. The highest BCUT2D eigenvalue weighted by Crippen LogP contribution is 2.66. The predicted molar refractivity (Wildman–Crippen MR) is 164 cm³/mol. The lowest BCUT2D eigenvalue weighted by atomic mass is 9.56. The number of nitrogens with zero attached hydrogens (tertiary/aromatic N) is 2. The van der Waals surface area contributed by atoms with Crippen molar-refractivity contribution < 1.29 is 29.0 Å². The van der Waals surface area contributed by atoms with E-state index in [9.17, 15) is 24.3 Å². The Hall–Kier alpha value is -2.40. The number of phenols is 1. The average molecular weight is 741 g/mol. The molecule has 8 nitrogen and oxygen atoms in total. The zero-order chi connectivity index (χ0) is 30.5. The number of phenolic OH excluding ortho intramolecular Hbond substituents is 1. The number of imide groups is 2. The molecule has 2 aliphatic heterocycles. The van der Waals surface area contributed by atoms with Gasteiger partial charge in [-0.15, -0.1) is 23.2 Å². The van der Waals surface area contributed by atoms with Crippen molar-refractivity contribution in [2.45, 2.75) is 41.9 Å². The SMILES string of the molecule is CCc1ccc(N2C(=O)C3CC=C4C(CC5(Cl)C(=O)N(C)C(=O)C5(Cl)C4c4cc(OC)c(O)c(Br)c4Br)C3C2=O)cc1. The molecule has 0 spiro atoms. The molecule has 4 aliphatic rings. The third-order valence-corrected chi connectivity index (χ3v) is 12.9. The van der Waals surface area contributed by atoms with E-state index < -0.39 is 45.2 Å². The highest BCUT2D eigenvalue weighted by atomic mass is 79.9. The maximum Gasteiger partial charge on any atom is 0.253 e. The summed E-state index contributed by atoms with van der Waals surface area (Å²) in [4.78, 5) is 53.6. The number of methoxy groups -OCH3 is 1. The predicted octanol–water partition coefficient (Wildman–Crippen LogP) is 5.68. The van der Waals surface area contributed by atoms with Crippen molar-refractivity contribution in [3.63, 3.8) is 0 Å². The molecule has 6 rings (SSSR count). The Labute approximate surface area is 269 Å². The monoisotopic (exact) mass is 738 g/mol. The number of carbonyl (C=O) groups is 4. The molecule has 220 valence electrons. The van der Waals surface area contributed by atoms with E-state index in [2.05, 4.69) is 31.9 Å². The summed E-state index contributed by atoms with van der Waals surface area (Å²) in [6.07, 6.45) is 2.82. The van der Waals surface area contributed by atoms with Crippen LogP contribution in [0, 0.1) is 17.8 Å². The number of benzene rings is 2. The van der Waals surface area contributed by atoms with Gasteiger partial charge in [0.25, 0.3) is 11.8 Å². The van der Waals surface area contributed by atoms with Crippen LogP contribution in [-0.4, -0.2) is 57.5 Å². The second-order valence-corrected chi connectivity index (χ2v) is 14.0. The molecule has 1 saturated carbocycles. The van der Waals surface area contributed by atoms with Crippen LogP contribution in [0.5, 0.6) is 11.5 Å². The normalized spacial score (nSPS) is 32.1. The molecule has 4 amide bonds. The zero-order valence-electron chi connectivity index (χ0n) is 22.8. The molecular weight excluding hydrogens is 715 g/mol. The molecular formula is C30H26Br2Cl2N2O6. The summed E-state index contributed by atoms with van der Waals surface area (Å²) in [7, 11) is 2.72. The number of fused-ring (bicyclic) bond motifs is 4. The molecule has 0 aromatic heterocycles. The number of amides is 4. The van der Waals surface area contributed by atoms with Crippen LogP contribution in [0.4, 0.5) is 5.69 Å². The van der Waals surface area contributed by atoms with E-state index in [4.69, 9.17) is 27.9 Å². The standard InChI is InChI=1S/C30H26Br2Cl2N2O6/c1-4-13-5-7-14(8-6-13)36-25(38)16-10-9-15-18(20(16)26(36)39)12-29(33)27(40)35(2)28(41)30(29,34)21(15)17-11-19(42-3)24(37)23(32)22(17)31/h5-9,11,16,18,20-21,37H,4,10,12H2,1-3H3. The maximum absolute atomic E-state index is 14.1. The van der Waals surface area contributed by atoms with E-state index in [0.29, 0.717) is 21.3 Å². The minimum atomic E-state index is -1.96. The van der Waals surface area contributed by atoms with Crippen molar-refractivity contribution >= 4 is 84.4 Å². The summed E-state index contributed by atoms with van der Waals surface area (Å²) in [5, 5.41) is 10.6. The van der Waals surface area contributed by atoms with Gasteiger partial charge in [-0.25, -0.2) is 0 Å². The van der Waals surface area contributed by atoms with Crippen LogP contribution in [-0.2, 0) is 25.6 Å². The molecule has 0 radical (unpaired) electrons. The highest BCUT2D eigenvalue weighted by Gasteiger charge is 2.76. The minimum Gasteiger partial charge on any atom is -0.503 e. The Morgan fingerprint density at radius 3 is 2.31 bits per heavy atom. The van der Waals surface area contributed by atoms with Crippen LogP contribution in [0.25, 0.3) is 0 Å². The van der Waals surface area contributed by atoms with E-state index in [1.807, 2.05) is 25.1 Å². The summed E-state index contributed by atoms with van der Waals surface area (Å²) in [6.45, 7) is 2.02. The second kappa shape index (κ2) is 10.1. The molecule has 42 heavy (non-hydrogen) atoms. The number of halogens is 4. The van der Waals surface area contributed by atoms with E-state index in [1.165, 1.54) is 19.1 Å². The maximum atomic E-state index is 14.1. The van der Waals surface area contributed by atoms with Crippen LogP contribution < -0.4 is 9.64 Å². The van der Waals surface area contributed by atoms with Gasteiger partial charge in [0.15, 0.2) is 21.2 Å². The van der Waals surface area contributed by atoms with Crippen molar-refractivity contribution in [3.05, 3.63) is 62.1 Å². The van der Waals surface area contributed by atoms with Gasteiger partial charge in [-0.2, -0.15) is 0 Å². The van der Waals surface area contributed by atoms with Crippen LogP contribution in [0.1, 0.15) is 36.8 Å². The molecule has 2 aromatic rings. The number of allylic oxidation sites excluding steroid dienone is 2. The number of ether oxygens (including phenoxy) is 1. The fraction of sp³-hybridized carbons (Fsp3) is 0.400. The van der Waals surface area contributed by atoms with Crippen molar-refractivity contribution in [1.29, 1.82) is 0 Å². The number of carbonyl (C=O) groups excluding carboxylic acids is 4. The van der Waals surface area contributed by atoms with E-state index >= 15 is 0 Å². The Bertz CT molecular complexity index is 1610. The average Bonchev–Trinajstić information content (AvgIpc) is 3.31. The largest absolute Gasteiger partial charge is 0.503 e. The number of aromatic hydroxyl groups is 1. The number of aryl methyl sites for hydroxylation is 1. The molecule has 1 N–H and O–H groups in total. The molecule has 2 heterocycles. The van der Waals surface area contributed by atoms with Gasteiger partial charge in [0.05, 0.1) is 29.1 Å². The van der Waals surface area contributed by atoms with E-state index in [0.717, 1.165) is 16.9 Å². The zero-order valence-corrected chi connectivity index (χ0v) is 27.5. The van der Waals surface area contributed by atoms with E-state index in [1.54, 1.807) is 18.2 Å². The highest BCUT2D eigenvalue weighted by molar-refractivity contribution is 9.13. The topological polar surface area (TPSA) is 104 Å². The lowest BCUT2D eigenvalue weighted by Gasteiger charge is -2.51. The summed E-state index contributed by atoms with van der Waals surface area (Å²) in [5.41, 5.74) is 2.64. The van der Waals surface area contributed by atoms with E-state index in [-0.39, 0.29) is 40.6 Å². The number of anilines is 1. The van der Waals surface area contributed by atoms with Gasteiger partial charge in [0, 0.05) is 17.4 Å². The lowest BCUT2D eigenvalue weighted by Crippen LogP contribution is -2.60. The van der Waals surface area contributed by atoms with Crippen molar-refractivity contribution in [3.8, 4) is 11.5 Å². The quantitative estimate of drug-likeness (QED) is 0.246. The van der Waals surface area contributed by atoms with Crippen LogP contribution in [0.2, 0.25) is 0 Å². The Morgan fingerprint density at radius 1 is 1.02 bits per heavy atom. The van der Waals surface area contributed by atoms with Crippen LogP contribution in [0.3, 0.4) is 0 Å². The van der Waals surface area contributed by atoms with Crippen LogP contribution in [0.15, 0.2) is 50.9 Å². The molecule has 2 aromatic carbocycles. The first kappa shape index (κ1) is 29.7. The van der Waals surface area contributed by atoms with Gasteiger partial charge < -0.3 is 9.84 Å². The summed E-state index contributed by atoms with van der Waals surface area (Å²) in [5.74, 6) is -5.22. The third kappa shape index (κ3) is 3.70. The molecule has 2 saturated heterocycles. The number of rotatable bonds is 4. The summed E-state index contributed by atoms with van der Waals surface area (Å²) >= 11 is 21.4. The van der Waals surface area contributed by atoms with Gasteiger partial charge in [0.2, 0.25) is 11.8 Å². The minimum absolute atomic E-state index is 0.105. The van der Waals surface area contributed by atoms with Gasteiger partial charge in [-0.3, -0.25) is 29.0 Å². The Morgan fingerprint density at radius 2 is 1.69 bits per heavy atom. The smallest absolute Gasteiger partial charge is 0.253 e. The number of likely N-dealkylation sites (tertiary alicyclic amines) is 1. The first-order valence-corrected chi connectivity index (χ1v) is 15.8. The fourth-order valence-electron chi connectivity index (χ4n) is 7.20. The molecule has 12 heteroatoms. The van der Waals surface area contributed by atoms with Crippen LogP contribution >= 0.6 is 55.1 Å². The van der Waals surface area contributed by atoms with Gasteiger partial charge >= 0.3 is 0 Å². The first-order valence-electron chi connectivity index (χ1n) is 13.4. The molecule has 0 bridgehead atoms. The van der Waals surface area contributed by atoms with Crippen molar-refractivity contribution in [2.75, 3.05) is 19.1 Å². The summed E-state index contributed by atoms with van der Waals surface area (Å²) < 4.78 is 6.04. The second-order valence-electron chi connectivity index (χ2n) is 11.2. The van der Waals surface area contributed by atoms with Gasteiger partial charge in [-0.1, -0.05) is 30.7 Å². The van der Waals surface area contributed by atoms with Gasteiger partial charge in [0.1, 0.15) is 0 Å². The molecule has 6 unspecified atom stereocenters. The lowest BCUT2D eigenvalue weighted by molar-refractivity contribution is -0.138. The number of hydrogen-bond donors (Lipinski definition) is 1. The molecule has 2 aliphatic carbocycles. The number of alkyl halides is 2. The first-order chi connectivity index (χ1) is 19.8. The molecule has 6 atom stereocenters. The molecule has 3 fully saturated rings. The summed E-state index contributed by atoms with van der Waals surface area (Å²) in [6, 6.07) is 8.86.